The molecule has 1 N–H and O–H groups in total. The highest BCUT2D eigenvalue weighted by atomic mass is 35.5. The molecule has 1 saturated heterocycles. The van der Waals surface area contributed by atoms with Gasteiger partial charge in [0.15, 0.2) is 0 Å². The molecule has 0 spiro atoms. The van der Waals surface area contributed by atoms with Gasteiger partial charge < -0.3 is 14.8 Å². The molecule has 2 aromatic rings. The van der Waals surface area contributed by atoms with Crippen LogP contribution in [-0.4, -0.2) is 44.6 Å². The molecule has 162 valence electrons. The lowest BCUT2D eigenvalue weighted by Gasteiger charge is -2.36. The first-order valence-electron chi connectivity index (χ1n) is 8.51. The largest absolute Gasteiger partial charge is 0.573 e. The van der Waals surface area contributed by atoms with Gasteiger partial charge in [0.05, 0.1) is 13.2 Å². The lowest BCUT2D eigenvalue weighted by molar-refractivity contribution is -0.274. The molecule has 0 bridgehead atoms. The molecular formula is C19H22Cl3F3N2O2. The van der Waals surface area contributed by atoms with Crippen LogP contribution >= 0.6 is 36.4 Å². The summed E-state index contributed by atoms with van der Waals surface area (Å²) >= 11 is 6.21. The Hall–Kier alpha value is -1.38. The van der Waals surface area contributed by atoms with Gasteiger partial charge in [-0.2, -0.15) is 0 Å². The van der Waals surface area contributed by atoms with E-state index >= 15 is 0 Å². The molecule has 1 aliphatic rings. The van der Waals surface area contributed by atoms with E-state index in [1.54, 1.807) is 31.4 Å². The molecule has 0 aromatic heterocycles. The van der Waals surface area contributed by atoms with Crippen LogP contribution in [-0.2, 0) is 0 Å². The predicted octanol–water partition coefficient (Wildman–Crippen LogP) is 5.09. The van der Waals surface area contributed by atoms with E-state index in [0.29, 0.717) is 10.8 Å². The van der Waals surface area contributed by atoms with Crippen molar-refractivity contribution in [2.24, 2.45) is 0 Å². The molecule has 2 aromatic carbocycles. The zero-order valence-electron chi connectivity index (χ0n) is 15.5. The van der Waals surface area contributed by atoms with Gasteiger partial charge in [-0.15, -0.1) is 38.0 Å². The molecule has 0 aliphatic carbocycles. The normalized spacial score (nSPS) is 15.6. The Kier molecular flexibility index (Phi) is 9.85. The molecule has 4 nitrogen and oxygen atoms in total. The first kappa shape index (κ1) is 25.7. The summed E-state index contributed by atoms with van der Waals surface area (Å²) in [6.07, 6.45) is -4.71. The van der Waals surface area contributed by atoms with Crippen LogP contribution < -0.4 is 14.8 Å². The minimum Gasteiger partial charge on any atom is -0.496 e. The van der Waals surface area contributed by atoms with Gasteiger partial charge in [-0.25, -0.2) is 0 Å². The summed E-state index contributed by atoms with van der Waals surface area (Å²) in [5, 5.41) is 3.88. The Morgan fingerprint density at radius 1 is 1.03 bits per heavy atom. The van der Waals surface area contributed by atoms with Crippen molar-refractivity contribution < 1.29 is 22.6 Å². The predicted molar refractivity (Wildman–Crippen MR) is 112 cm³/mol. The zero-order valence-corrected chi connectivity index (χ0v) is 17.9. The fourth-order valence-corrected chi connectivity index (χ4v) is 3.48. The van der Waals surface area contributed by atoms with E-state index in [0.717, 1.165) is 37.3 Å². The molecule has 10 heteroatoms. The smallest absolute Gasteiger partial charge is 0.496 e. The molecule has 0 unspecified atom stereocenters. The second-order valence-electron chi connectivity index (χ2n) is 6.19. The maximum Gasteiger partial charge on any atom is 0.573 e. The van der Waals surface area contributed by atoms with E-state index in [2.05, 4.69) is 15.0 Å². The van der Waals surface area contributed by atoms with Crippen molar-refractivity contribution in [2.45, 2.75) is 12.4 Å². The second-order valence-corrected chi connectivity index (χ2v) is 6.63. The molecule has 1 fully saturated rings. The number of hydrogen-bond donors (Lipinski definition) is 1. The van der Waals surface area contributed by atoms with E-state index in [4.69, 9.17) is 16.3 Å². The highest BCUT2D eigenvalue weighted by Crippen LogP contribution is 2.37. The summed E-state index contributed by atoms with van der Waals surface area (Å²) in [5.74, 6) is 0.432. The third-order valence-electron chi connectivity index (χ3n) is 4.43. The first-order valence-corrected chi connectivity index (χ1v) is 8.89. The van der Waals surface area contributed by atoms with Crippen molar-refractivity contribution in [1.82, 2.24) is 10.2 Å². The molecule has 0 amide bonds. The van der Waals surface area contributed by atoms with Crippen LogP contribution in [0.3, 0.4) is 0 Å². The molecule has 3 rings (SSSR count). The standard InChI is InChI=1S/C19H20ClF3N2O2.2ClH/c1-26-17-7-4-14(20)12-16(17)18(25-10-8-24-9-11-25)13-2-5-15(6-3-13)27-19(21,22)23;;/h2-7,12,18,24H,8-11H2,1H3;2*1H/t18-;;/m1../s1. The van der Waals surface area contributed by atoms with Gasteiger partial charge in [0, 0.05) is 36.8 Å². The quantitative estimate of drug-likeness (QED) is 0.656. The highest BCUT2D eigenvalue weighted by molar-refractivity contribution is 6.30. The fraction of sp³-hybridized carbons (Fsp3) is 0.368. The average Bonchev–Trinajstić information content (AvgIpc) is 2.63. The van der Waals surface area contributed by atoms with Crippen LogP contribution in [0.15, 0.2) is 42.5 Å². The molecule has 29 heavy (non-hydrogen) atoms. The van der Waals surface area contributed by atoms with Crippen LogP contribution in [0.5, 0.6) is 11.5 Å². The SMILES string of the molecule is COc1ccc(Cl)cc1[C@@H](c1ccc(OC(F)(F)F)cc1)N1CCNCC1.Cl.Cl. The topological polar surface area (TPSA) is 33.7 Å². The zero-order chi connectivity index (χ0) is 19.4. The monoisotopic (exact) mass is 472 g/mol. The summed E-state index contributed by atoms with van der Waals surface area (Å²) < 4.78 is 46.8. The number of piperazine rings is 1. The van der Waals surface area contributed by atoms with Gasteiger partial charge in [0.1, 0.15) is 11.5 Å². The van der Waals surface area contributed by atoms with E-state index in [-0.39, 0.29) is 36.6 Å². The first-order chi connectivity index (χ1) is 12.9. The van der Waals surface area contributed by atoms with Crippen molar-refractivity contribution in [3.05, 3.63) is 58.6 Å². The molecular weight excluding hydrogens is 452 g/mol. The summed E-state index contributed by atoms with van der Waals surface area (Å²) in [5.41, 5.74) is 1.71. The Morgan fingerprint density at radius 3 is 2.21 bits per heavy atom. The van der Waals surface area contributed by atoms with Gasteiger partial charge in [-0.1, -0.05) is 23.7 Å². The summed E-state index contributed by atoms with van der Waals surface area (Å²) in [6, 6.07) is 11.1. The number of ether oxygens (including phenoxy) is 2. The van der Waals surface area contributed by atoms with Gasteiger partial charge in [0.25, 0.3) is 0 Å². The maximum atomic E-state index is 12.4. The number of alkyl halides is 3. The Morgan fingerprint density at radius 2 is 1.66 bits per heavy atom. The summed E-state index contributed by atoms with van der Waals surface area (Å²) in [6.45, 7) is 3.24. The minimum absolute atomic E-state index is 0. The highest BCUT2D eigenvalue weighted by Gasteiger charge is 2.31. The molecule has 1 atom stereocenters. The number of hydrogen-bond acceptors (Lipinski definition) is 4. The van der Waals surface area contributed by atoms with Crippen molar-refractivity contribution in [3.8, 4) is 11.5 Å². The van der Waals surface area contributed by atoms with E-state index < -0.39 is 6.36 Å². The number of nitrogens with zero attached hydrogens (tertiary/aromatic N) is 1. The maximum absolute atomic E-state index is 12.4. The van der Waals surface area contributed by atoms with Crippen molar-refractivity contribution >= 4 is 36.4 Å². The fourth-order valence-electron chi connectivity index (χ4n) is 3.30. The van der Waals surface area contributed by atoms with Crippen molar-refractivity contribution in [2.75, 3.05) is 33.3 Å². The Balaban J connectivity index is 0.00000210. The van der Waals surface area contributed by atoms with Crippen LogP contribution in [0.25, 0.3) is 0 Å². The lowest BCUT2D eigenvalue weighted by atomic mass is 9.95. The molecule has 0 radical (unpaired) electrons. The van der Waals surface area contributed by atoms with Crippen molar-refractivity contribution in [1.29, 1.82) is 0 Å². The number of rotatable bonds is 5. The van der Waals surface area contributed by atoms with Gasteiger partial charge in [-0.3, -0.25) is 4.90 Å². The average molecular weight is 474 g/mol. The number of nitrogens with one attached hydrogen (secondary N) is 1. The van der Waals surface area contributed by atoms with Crippen LogP contribution in [0.2, 0.25) is 5.02 Å². The number of benzene rings is 2. The van der Waals surface area contributed by atoms with Crippen LogP contribution in [0.1, 0.15) is 17.2 Å². The second kappa shape index (κ2) is 11.1. The molecule has 0 saturated carbocycles. The van der Waals surface area contributed by atoms with E-state index in [9.17, 15) is 13.2 Å². The molecule has 1 heterocycles. The van der Waals surface area contributed by atoms with Crippen LogP contribution in [0, 0.1) is 0 Å². The van der Waals surface area contributed by atoms with E-state index in [1.165, 1.54) is 12.1 Å². The van der Waals surface area contributed by atoms with Crippen LogP contribution in [0.4, 0.5) is 13.2 Å². The third-order valence-corrected chi connectivity index (χ3v) is 4.67. The summed E-state index contributed by atoms with van der Waals surface area (Å²) in [7, 11) is 1.59. The van der Waals surface area contributed by atoms with Gasteiger partial charge in [-0.05, 0) is 35.9 Å². The van der Waals surface area contributed by atoms with E-state index in [1.807, 2.05) is 6.07 Å². The molecule has 1 aliphatic heterocycles. The minimum atomic E-state index is -4.71. The van der Waals surface area contributed by atoms with Crippen molar-refractivity contribution in [3.63, 3.8) is 0 Å². The Bertz CT molecular complexity index is 770. The summed E-state index contributed by atoms with van der Waals surface area (Å²) in [4.78, 5) is 2.25. The Labute approximate surface area is 185 Å². The number of halogens is 6. The van der Waals surface area contributed by atoms with Gasteiger partial charge >= 0.3 is 6.36 Å². The number of methoxy groups -OCH3 is 1. The third kappa shape index (κ3) is 6.83. The lowest BCUT2D eigenvalue weighted by Crippen LogP contribution is -2.45. The van der Waals surface area contributed by atoms with Gasteiger partial charge in [0.2, 0.25) is 0 Å².